The number of nitrogens with zero attached hydrogens (tertiary/aromatic N) is 1. The molecule has 130 valence electrons. The van der Waals surface area contributed by atoms with Gasteiger partial charge in [0, 0.05) is 23.9 Å². The number of halogens is 2. The van der Waals surface area contributed by atoms with Gasteiger partial charge in [-0.15, -0.1) is 24.0 Å². The Hall–Kier alpha value is -0.740. The first-order valence-electron chi connectivity index (χ1n) is 6.81. The molecule has 0 atom stereocenters. The van der Waals surface area contributed by atoms with E-state index in [0.717, 1.165) is 12.8 Å². The first-order chi connectivity index (χ1) is 10.2. The molecule has 0 aliphatic heterocycles. The van der Waals surface area contributed by atoms with Gasteiger partial charge in [0.05, 0.1) is 17.9 Å². The van der Waals surface area contributed by atoms with Gasteiger partial charge < -0.3 is 15.8 Å². The maximum absolute atomic E-state index is 11.4. The number of aliphatic imine (C=N–C) groups is 1. The molecular weight excluding hydrogens is 453 g/mol. The summed E-state index contributed by atoms with van der Waals surface area (Å²) in [5.41, 5.74) is 6.30. The van der Waals surface area contributed by atoms with Crippen LogP contribution in [0.4, 0.5) is 5.69 Å². The van der Waals surface area contributed by atoms with E-state index in [1.807, 2.05) is 0 Å². The summed E-state index contributed by atoms with van der Waals surface area (Å²) in [5.74, 6) is 0.972. The molecule has 0 spiro atoms. The lowest BCUT2D eigenvalue weighted by Crippen LogP contribution is -2.26. The average Bonchev–Trinajstić information content (AvgIpc) is 3.15. The summed E-state index contributed by atoms with van der Waals surface area (Å²) >= 11 is 6.03. The predicted molar refractivity (Wildman–Crippen MR) is 105 cm³/mol. The molecule has 0 unspecified atom stereocenters. The van der Waals surface area contributed by atoms with Crippen LogP contribution in [0.1, 0.15) is 12.8 Å². The number of guanidine groups is 1. The second-order valence-electron chi connectivity index (χ2n) is 5.75. The summed E-state index contributed by atoms with van der Waals surface area (Å²) in [4.78, 5) is 4.25. The molecule has 0 saturated heterocycles. The minimum atomic E-state index is -3.00. The largest absolute Gasteiger partial charge is 0.495 e. The molecule has 1 aromatic rings. The number of ether oxygens (including phenoxy) is 1. The summed E-state index contributed by atoms with van der Waals surface area (Å²) < 4.78 is 27.9. The Labute approximate surface area is 158 Å². The number of rotatable bonds is 6. The van der Waals surface area contributed by atoms with Crippen molar-refractivity contribution in [2.45, 2.75) is 12.8 Å². The maximum atomic E-state index is 11.4. The number of hydrogen-bond acceptors (Lipinski definition) is 4. The van der Waals surface area contributed by atoms with Gasteiger partial charge in [-0.1, -0.05) is 11.6 Å². The summed E-state index contributed by atoms with van der Waals surface area (Å²) in [6.07, 6.45) is 2.98. The van der Waals surface area contributed by atoms with Crippen LogP contribution in [0.25, 0.3) is 0 Å². The van der Waals surface area contributed by atoms with Gasteiger partial charge in [0.1, 0.15) is 15.6 Å². The van der Waals surface area contributed by atoms with Crippen LogP contribution in [0.15, 0.2) is 23.2 Å². The van der Waals surface area contributed by atoms with Crippen molar-refractivity contribution in [2.24, 2.45) is 16.1 Å². The van der Waals surface area contributed by atoms with Crippen molar-refractivity contribution in [1.29, 1.82) is 0 Å². The van der Waals surface area contributed by atoms with Crippen molar-refractivity contribution in [2.75, 3.05) is 31.0 Å². The van der Waals surface area contributed by atoms with Crippen molar-refractivity contribution < 1.29 is 13.2 Å². The van der Waals surface area contributed by atoms with Crippen LogP contribution >= 0.6 is 35.6 Å². The molecule has 0 amide bonds. The van der Waals surface area contributed by atoms with E-state index in [-0.39, 0.29) is 41.1 Å². The third kappa shape index (κ3) is 6.34. The molecule has 6 nitrogen and oxygen atoms in total. The summed E-state index contributed by atoms with van der Waals surface area (Å²) in [7, 11) is -1.46. The van der Waals surface area contributed by atoms with Crippen molar-refractivity contribution in [1.82, 2.24) is 0 Å². The Morgan fingerprint density at radius 2 is 2.13 bits per heavy atom. The molecule has 1 saturated carbocycles. The van der Waals surface area contributed by atoms with Gasteiger partial charge >= 0.3 is 0 Å². The lowest BCUT2D eigenvalue weighted by Gasteiger charge is -2.12. The summed E-state index contributed by atoms with van der Waals surface area (Å²) in [6, 6.07) is 5.19. The predicted octanol–water partition coefficient (Wildman–Crippen LogP) is 2.52. The molecule has 1 fully saturated rings. The first-order valence-corrected chi connectivity index (χ1v) is 9.25. The fourth-order valence-corrected chi connectivity index (χ4v) is 4.02. The number of nitrogens with one attached hydrogen (secondary N) is 1. The highest BCUT2D eigenvalue weighted by molar-refractivity contribution is 14.0. The van der Waals surface area contributed by atoms with Gasteiger partial charge in [-0.25, -0.2) is 8.42 Å². The van der Waals surface area contributed by atoms with Gasteiger partial charge in [-0.3, -0.25) is 4.99 Å². The highest BCUT2D eigenvalue weighted by Crippen LogP contribution is 2.46. The van der Waals surface area contributed by atoms with Crippen LogP contribution in [-0.2, 0) is 9.84 Å². The highest BCUT2D eigenvalue weighted by atomic mass is 127. The van der Waals surface area contributed by atoms with E-state index in [1.165, 1.54) is 6.26 Å². The Kier molecular flexibility index (Phi) is 6.96. The molecule has 0 bridgehead atoms. The molecule has 0 aromatic heterocycles. The summed E-state index contributed by atoms with van der Waals surface area (Å²) in [6.45, 7) is 0.406. The fraction of sp³-hybridized carbons (Fsp3) is 0.500. The third-order valence-corrected chi connectivity index (χ3v) is 4.97. The van der Waals surface area contributed by atoms with Gasteiger partial charge in [-0.2, -0.15) is 0 Å². The average molecular weight is 474 g/mol. The van der Waals surface area contributed by atoms with E-state index in [1.54, 1.807) is 25.3 Å². The summed E-state index contributed by atoms with van der Waals surface area (Å²) in [5, 5.41) is 3.40. The number of hydrogen-bond donors (Lipinski definition) is 2. The fourth-order valence-electron chi connectivity index (χ4n) is 2.27. The van der Waals surface area contributed by atoms with Gasteiger partial charge in [-0.05, 0) is 31.0 Å². The molecule has 3 N–H and O–H groups in total. The molecule has 0 heterocycles. The number of benzene rings is 1. The van der Waals surface area contributed by atoms with E-state index in [9.17, 15) is 8.42 Å². The molecule has 23 heavy (non-hydrogen) atoms. The molecule has 0 radical (unpaired) electrons. The lowest BCUT2D eigenvalue weighted by molar-refractivity contribution is 0.415. The normalized spacial score (nSPS) is 16.4. The zero-order valence-corrected chi connectivity index (χ0v) is 16.9. The van der Waals surface area contributed by atoms with E-state index in [4.69, 9.17) is 22.1 Å². The van der Waals surface area contributed by atoms with E-state index in [0.29, 0.717) is 23.0 Å². The molecule has 1 aromatic carbocycles. The van der Waals surface area contributed by atoms with Crippen LogP contribution in [0.3, 0.4) is 0 Å². The van der Waals surface area contributed by atoms with Crippen molar-refractivity contribution >= 4 is 57.1 Å². The Morgan fingerprint density at radius 1 is 1.48 bits per heavy atom. The highest BCUT2D eigenvalue weighted by Gasteiger charge is 2.45. The minimum absolute atomic E-state index is 0. The Bertz CT molecular complexity index is 691. The monoisotopic (exact) mass is 473 g/mol. The zero-order valence-electron chi connectivity index (χ0n) is 13.0. The second-order valence-corrected chi connectivity index (χ2v) is 8.29. The van der Waals surface area contributed by atoms with Crippen LogP contribution in [0.5, 0.6) is 5.75 Å². The van der Waals surface area contributed by atoms with Crippen molar-refractivity contribution in [3.63, 3.8) is 0 Å². The Balaban J connectivity index is 0.00000264. The van der Waals surface area contributed by atoms with Gasteiger partial charge in [0.25, 0.3) is 0 Å². The maximum Gasteiger partial charge on any atom is 0.193 e. The topological polar surface area (TPSA) is 93.8 Å². The SMILES string of the molecule is COc1ccc(NC(N)=NCC2(CS(C)(=O)=O)CC2)cc1Cl.I. The zero-order chi connectivity index (χ0) is 16.4. The number of methoxy groups -OCH3 is 1. The number of anilines is 1. The molecular formula is C14H21ClIN3O3S. The molecule has 1 aliphatic rings. The van der Waals surface area contributed by atoms with Crippen LogP contribution in [0.2, 0.25) is 5.02 Å². The van der Waals surface area contributed by atoms with Crippen LogP contribution < -0.4 is 15.8 Å². The van der Waals surface area contributed by atoms with Gasteiger partial charge in [0.2, 0.25) is 0 Å². The molecule has 2 rings (SSSR count). The van der Waals surface area contributed by atoms with E-state index in [2.05, 4.69) is 10.3 Å². The van der Waals surface area contributed by atoms with Gasteiger partial charge in [0.15, 0.2) is 5.96 Å². The smallest absolute Gasteiger partial charge is 0.193 e. The quantitative estimate of drug-likeness (QED) is 0.376. The molecule has 9 heteroatoms. The van der Waals surface area contributed by atoms with E-state index >= 15 is 0 Å². The van der Waals surface area contributed by atoms with Crippen molar-refractivity contribution in [3.05, 3.63) is 23.2 Å². The van der Waals surface area contributed by atoms with Crippen LogP contribution in [-0.4, -0.2) is 40.0 Å². The Morgan fingerprint density at radius 3 is 2.61 bits per heavy atom. The van der Waals surface area contributed by atoms with Crippen molar-refractivity contribution in [3.8, 4) is 5.75 Å². The third-order valence-electron chi connectivity index (χ3n) is 3.53. The lowest BCUT2D eigenvalue weighted by atomic mass is 10.1. The number of sulfone groups is 1. The second kappa shape index (κ2) is 7.89. The first kappa shape index (κ1) is 20.3. The number of nitrogens with two attached hydrogens (primary N) is 1. The standard InChI is InChI=1S/C14H20ClN3O3S.HI/c1-21-12-4-3-10(7-11(12)15)18-13(16)17-8-14(5-6-14)9-22(2,19)20;/h3-4,7H,5-6,8-9H2,1-2H3,(H3,16,17,18);1H. The minimum Gasteiger partial charge on any atom is -0.495 e. The molecule has 1 aliphatic carbocycles. The van der Waals surface area contributed by atoms with Crippen LogP contribution in [0, 0.1) is 5.41 Å². The van der Waals surface area contributed by atoms with E-state index < -0.39 is 9.84 Å².